The van der Waals surface area contributed by atoms with E-state index in [2.05, 4.69) is 0 Å². The number of hydrogen-bond donors (Lipinski definition) is 0. The summed E-state index contributed by atoms with van der Waals surface area (Å²) in [6, 6.07) is 12.7. The van der Waals surface area contributed by atoms with Crippen LogP contribution in [0, 0.1) is 24.0 Å². The van der Waals surface area contributed by atoms with Crippen molar-refractivity contribution in [3.05, 3.63) is 63.7 Å². The van der Waals surface area contributed by atoms with Crippen molar-refractivity contribution in [1.29, 1.82) is 0 Å². The molecule has 0 unspecified atom stereocenters. The molecule has 2 aromatic rings. The van der Waals surface area contributed by atoms with Crippen LogP contribution >= 0.6 is 12.0 Å². The number of nitro benzene ring substituents is 1. The first-order chi connectivity index (χ1) is 9.08. The summed E-state index contributed by atoms with van der Waals surface area (Å²) < 4.78 is 5.50. The molecule has 2 aromatic carbocycles. The second kappa shape index (κ2) is 5.75. The fourth-order valence-corrected chi connectivity index (χ4v) is 2.23. The Morgan fingerprint density at radius 1 is 1.16 bits per heavy atom. The zero-order valence-corrected chi connectivity index (χ0v) is 11.4. The van der Waals surface area contributed by atoms with E-state index < -0.39 is 4.92 Å². The van der Waals surface area contributed by atoms with Gasteiger partial charge in [0.05, 0.1) is 21.9 Å². The second-order valence-electron chi connectivity index (χ2n) is 4.16. The van der Waals surface area contributed by atoms with Crippen LogP contribution < -0.4 is 4.18 Å². The molecule has 0 aliphatic carbocycles. The molecule has 0 heterocycles. The normalized spacial score (nSPS) is 10.2. The molecule has 2 rings (SSSR count). The Morgan fingerprint density at radius 3 is 2.58 bits per heavy atom. The minimum Gasteiger partial charge on any atom is -0.413 e. The summed E-state index contributed by atoms with van der Waals surface area (Å²) in [5, 5.41) is 11.0. The number of hydrogen-bond acceptors (Lipinski definition) is 4. The van der Waals surface area contributed by atoms with Crippen LogP contribution in [-0.4, -0.2) is 4.92 Å². The minimum absolute atomic E-state index is 0.0129. The van der Waals surface area contributed by atoms with Crippen LogP contribution in [0.3, 0.4) is 0 Å². The Hall–Kier alpha value is -2.01. The predicted octanol–water partition coefficient (Wildman–Crippen LogP) is 4.30. The summed E-state index contributed by atoms with van der Waals surface area (Å²) in [5.41, 5.74) is 1.89. The van der Waals surface area contributed by atoms with Crippen LogP contribution in [0.15, 0.2) is 47.4 Å². The molecule has 5 heteroatoms. The van der Waals surface area contributed by atoms with Crippen molar-refractivity contribution in [2.75, 3.05) is 0 Å². The topological polar surface area (TPSA) is 52.4 Å². The summed E-state index contributed by atoms with van der Waals surface area (Å²) in [5.74, 6) is 0.267. The molecule has 0 atom stereocenters. The van der Waals surface area contributed by atoms with E-state index in [0.717, 1.165) is 28.1 Å². The molecular formula is C14H13NO3S. The Labute approximate surface area is 115 Å². The molecule has 0 spiro atoms. The Kier molecular flexibility index (Phi) is 4.06. The van der Waals surface area contributed by atoms with E-state index in [1.807, 2.05) is 38.1 Å². The van der Waals surface area contributed by atoms with E-state index in [1.54, 1.807) is 12.1 Å². The van der Waals surface area contributed by atoms with Gasteiger partial charge in [-0.3, -0.25) is 10.1 Å². The Morgan fingerprint density at radius 2 is 1.89 bits per heavy atom. The van der Waals surface area contributed by atoms with Gasteiger partial charge in [-0.15, -0.1) is 0 Å². The molecule has 0 fully saturated rings. The number of nitrogens with zero attached hydrogens (tertiary/aromatic N) is 1. The van der Waals surface area contributed by atoms with E-state index in [-0.39, 0.29) is 11.4 Å². The van der Waals surface area contributed by atoms with Crippen molar-refractivity contribution < 1.29 is 9.11 Å². The molecule has 0 aliphatic rings. The first-order valence-electron chi connectivity index (χ1n) is 5.73. The molecule has 0 aliphatic heterocycles. The third kappa shape index (κ3) is 3.26. The van der Waals surface area contributed by atoms with Crippen molar-refractivity contribution in [2.24, 2.45) is 0 Å². The fraction of sp³-hybridized carbons (Fsp3) is 0.143. The molecule has 0 amide bonds. The molecule has 0 N–H and O–H groups in total. The van der Waals surface area contributed by atoms with Crippen molar-refractivity contribution in [2.45, 2.75) is 18.7 Å². The summed E-state index contributed by atoms with van der Waals surface area (Å²) in [4.78, 5) is 11.5. The van der Waals surface area contributed by atoms with Crippen LogP contribution in [0.2, 0.25) is 0 Å². The maximum atomic E-state index is 11.0. The summed E-state index contributed by atoms with van der Waals surface area (Å²) in [6.45, 7) is 3.78. The molecule has 4 nitrogen and oxygen atoms in total. The first-order valence-corrected chi connectivity index (χ1v) is 6.47. The van der Waals surface area contributed by atoms with Gasteiger partial charge in [-0.1, -0.05) is 24.3 Å². The second-order valence-corrected chi connectivity index (χ2v) is 4.93. The smallest absolute Gasteiger partial charge is 0.312 e. The Bertz CT molecular complexity index is 613. The van der Waals surface area contributed by atoms with Crippen molar-refractivity contribution >= 4 is 17.7 Å². The highest BCUT2D eigenvalue weighted by Crippen LogP contribution is 2.33. The van der Waals surface area contributed by atoms with Crippen LogP contribution in [0.4, 0.5) is 5.69 Å². The third-order valence-corrected chi connectivity index (χ3v) is 3.53. The molecule has 0 radical (unpaired) electrons. The lowest BCUT2D eigenvalue weighted by Crippen LogP contribution is -1.93. The van der Waals surface area contributed by atoms with Gasteiger partial charge in [0.25, 0.3) is 0 Å². The molecule has 0 bridgehead atoms. The quantitative estimate of drug-likeness (QED) is 0.474. The predicted molar refractivity (Wildman–Crippen MR) is 75.5 cm³/mol. The molecule has 0 saturated heterocycles. The van der Waals surface area contributed by atoms with Crippen molar-refractivity contribution in [1.82, 2.24) is 0 Å². The average molecular weight is 275 g/mol. The van der Waals surface area contributed by atoms with Gasteiger partial charge in [-0.05, 0) is 37.1 Å². The minimum atomic E-state index is -0.430. The molecule has 19 heavy (non-hydrogen) atoms. The lowest BCUT2D eigenvalue weighted by Gasteiger charge is -2.07. The highest BCUT2D eigenvalue weighted by atomic mass is 32.2. The Balaban J connectivity index is 2.20. The third-order valence-electron chi connectivity index (χ3n) is 2.63. The van der Waals surface area contributed by atoms with Gasteiger partial charge in [-0.2, -0.15) is 0 Å². The van der Waals surface area contributed by atoms with Gasteiger partial charge in [0.2, 0.25) is 5.75 Å². The number of rotatable bonds is 4. The van der Waals surface area contributed by atoms with Gasteiger partial charge in [0, 0.05) is 6.07 Å². The van der Waals surface area contributed by atoms with Crippen LogP contribution in [0.5, 0.6) is 5.75 Å². The van der Waals surface area contributed by atoms with E-state index >= 15 is 0 Å². The van der Waals surface area contributed by atoms with Gasteiger partial charge in [-0.25, -0.2) is 0 Å². The first kappa shape index (κ1) is 13.4. The van der Waals surface area contributed by atoms with Gasteiger partial charge in [0.1, 0.15) is 0 Å². The summed E-state index contributed by atoms with van der Waals surface area (Å²) in [7, 11) is 0. The average Bonchev–Trinajstić information content (AvgIpc) is 2.38. The van der Waals surface area contributed by atoms with Crippen molar-refractivity contribution in [3.63, 3.8) is 0 Å². The maximum absolute atomic E-state index is 11.0. The number of benzene rings is 2. The maximum Gasteiger partial charge on any atom is 0.312 e. The van der Waals surface area contributed by atoms with E-state index in [0.29, 0.717) is 0 Å². The van der Waals surface area contributed by atoms with E-state index in [1.165, 1.54) is 6.07 Å². The molecule has 0 aromatic heterocycles. The van der Waals surface area contributed by atoms with Crippen LogP contribution in [-0.2, 0) is 0 Å². The number of aryl methyl sites for hydroxylation is 2. The van der Waals surface area contributed by atoms with Crippen LogP contribution in [0.1, 0.15) is 11.1 Å². The van der Waals surface area contributed by atoms with Gasteiger partial charge in [0.15, 0.2) is 0 Å². The zero-order valence-electron chi connectivity index (χ0n) is 10.6. The van der Waals surface area contributed by atoms with Crippen molar-refractivity contribution in [3.8, 4) is 5.75 Å². The summed E-state index contributed by atoms with van der Waals surface area (Å²) in [6.07, 6.45) is 0. The largest absolute Gasteiger partial charge is 0.413 e. The van der Waals surface area contributed by atoms with Gasteiger partial charge < -0.3 is 4.18 Å². The summed E-state index contributed by atoms with van der Waals surface area (Å²) >= 11 is 1.13. The van der Waals surface area contributed by atoms with Crippen LogP contribution in [0.25, 0.3) is 0 Å². The monoisotopic (exact) mass is 275 g/mol. The molecule has 0 saturated carbocycles. The highest BCUT2D eigenvalue weighted by molar-refractivity contribution is 7.95. The fourth-order valence-electron chi connectivity index (χ4n) is 1.58. The van der Waals surface area contributed by atoms with E-state index in [4.69, 9.17) is 4.18 Å². The zero-order chi connectivity index (χ0) is 13.8. The highest BCUT2D eigenvalue weighted by Gasteiger charge is 2.16. The SMILES string of the molecule is Cc1ccc(OSc2ccccc2C)c([N+](=O)[O-])c1. The molecular weight excluding hydrogens is 262 g/mol. The van der Waals surface area contributed by atoms with E-state index in [9.17, 15) is 10.1 Å². The standard InChI is InChI=1S/C14H13NO3S/c1-10-7-8-13(12(9-10)15(16)17)18-19-14-6-4-3-5-11(14)2/h3-9H,1-2H3. The van der Waals surface area contributed by atoms with Gasteiger partial charge >= 0.3 is 5.69 Å². The molecule has 98 valence electrons. The lowest BCUT2D eigenvalue weighted by atomic mass is 10.2. The number of nitro groups is 1. The lowest BCUT2D eigenvalue weighted by molar-refractivity contribution is -0.385.